The van der Waals surface area contributed by atoms with Crippen molar-refractivity contribution in [1.82, 2.24) is 19.9 Å². The predicted octanol–water partition coefficient (Wildman–Crippen LogP) is 6.12. The van der Waals surface area contributed by atoms with Gasteiger partial charge in [0.1, 0.15) is 17.2 Å². The Morgan fingerprint density at radius 3 is 2.53 bits per heavy atom. The molecule has 0 saturated carbocycles. The number of amides is 1. The Labute approximate surface area is 260 Å². The molecule has 3 aromatic carbocycles. The fourth-order valence-corrected chi connectivity index (χ4v) is 6.36. The summed E-state index contributed by atoms with van der Waals surface area (Å²) < 4.78 is 21.3. The molecule has 218 valence electrons. The van der Waals surface area contributed by atoms with Gasteiger partial charge in [-0.1, -0.05) is 59.2 Å². The van der Waals surface area contributed by atoms with Crippen molar-refractivity contribution in [3.8, 4) is 11.1 Å². The lowest BCUT2D eigenvalue weighted by molar-refractivity contribution is 0.0950. The average molecular weight is 637 g/mol. The number of hydrogen-bond acceptors (Lipinski definition) is 7. The van der Waals surface area contributed by atoms with E-state index in [4.69, 9.17) is 27.9 Å². The van der Waals surface area contributed by atoms with Crippen molar-refractivity contribution in [2.24, 2.45) is 0 Å². The first-order valence-corrected chi connectivity index (χ1v) is 14.9. The number of morpholine rings is 1. The predicted molar refractivity (Wildman–Crippen MR) is 166 cm³/mol. The van der Waals surface area contributed by atoms with Gasteiger partial charge in [0.2, 0.25) is 0 Å². The lowest BCUT2D eigenvalue weighted by Gasteiger charge is -2.29. The van der Waals surface area contributed by atoms with Crippen molar-refractivity contribution >= 4 is 52.1 Å². The Kier molecular flexibility index (Phi) is 8.62. The SMILES string of the molecule is O=C(NCc1ccccc1Sc1ccc2c(-c3c(Cl)cccc3Cl)c(=O)ncn2n1)c1cc(F)cc(N2CCOCC2)c1. The summed E-state index contributed by atoms with van der Waals surface area (Å²) in [6.07, 6.45) is 1.35. The summed E-state index contributed by atoms with van der Waals surface area (Å²) in [5.74, 6) is -0.845. The third-order valence-corrected chi connectivity index (χ3v) is 8.63. The summed E-state index contributed by atoms with van der Waals surface area (Å²) in [6.45, 7) is 2.62. The minimum Gasteiger partial charge on any atom is -0.378 e. The van der Waals surface area contributed by atoms with Crippen LogP contribution in [0, 0.1) is 5.82 Å². The molecule has 3 heterocycles. The maximum Gasteiger partial charge on any atom is 0.281 e. The highest BCUT2D eigenvalue weighted by molar-refractivity contribution is 7.99. The second kappa shape index (κ2) is 12.7. The van der Waals surface area contributed by atoms with Gasteiger partial charge >= 0.3 is 0 Å². The molecule has 1 N–H and O–H groups in total. The van der Waals surface area contributed by atoms with Gasteiger partial charge in [0, 0.05) is 41.3 Å². The number of benzene rings is 3. The topological polar surface area (TPSA) is 88.8 Å². The first-order valence-electron chi connectivity index (χ1n) is 13.4. The van der Waals surface area contributed by atoms with Crippen molar-refractivity contribution in [2.75, 3.05) is 31.2 Å². The molecule has 1 saturated heterocycles. The third kappa shape index (κ3) is 6.37. The van der Waals surface area contributed by atoms with Crippen LogP contribution in [0.15, 0.2) is 93.8 Å². The number of nitrogens with one attached hydrogen (secondary N) is 1. The van der Waals surface area contributed by atoms with Crippen LogP contribution in [0.2, 0.25) is 10.0 Å². The number of nitrogens with zero attached hydrogens (tertiary/aromatic N) is 4. The molecule has 0 radical (unpaired) electrons. The minimum absolute atomic E-state index is 0.225. The van der Waals surface area contributed by atoms with Crippen molar-refractivity contribution in [2.45, 2.75) is 16.5 Å². The van der Waals surface area contributed by atoms with Gasteiger partial charge in [0.15, 0.2) is 0 Å². The lowest BCUT2D eigenvalue weighted by atomic mass is 10.1. The van der Waals surface area contributed by atoms with E-state index in [9.17, 15) is 14.0 Å². The number of ether oxygens (including phenoxy) is 1. The highest BCUT2D eigenvalue weighted by Crippen LogP contribution is 2.35. The molecular formula is C31H24Cl2FN5O3S. The van der Waals surface area contributed by atoms with Crippen LogP contribution in [0.5, 0.6) is 0 Å². The molecule has 43 heavy (non-hydrogen) atoms. The Morgan fingerprint density at radius 2 is 1.74 bits per heavy atom. The van der Waals surface area contributed by atoms with Gasteiger partial charge in [-0.15, -0.1) is 0 Å². The van der Waals surface area contributed by atoms with Crippen molar-refractivity contribution < 1.29 is 13.9 Å². The smallest absolute Gasteiger partial charge is 0.281 e. The third-order valence-electron chi connectivity index (χ3n) is 6.95. The normalized spacial score (nSPS) is 13.3. The average Bonchev–Trinajstić information content (AvgIpc) is 3.01. The molecule has 0 bridgehead atoms. The maximum absolute atomic E-state index is 14.4. The van der Waals surface area contributed by atoms with E-state index in [-0.39, 0.29) is 23.6 Å². The van der Waals surface area contributed by atoms with Crippen molar-refractivity contribution in [1.29, 1.82) is 0 Å². The molecule has 1 amide bonds. The molecule has 8 nitrogen and oxygen atoms in total. The van der Waals surface area contributed by atoms with Crippen LogP contribution in [0.1, 0.15) is 15.9 Å². The van der Waals surface area contributed by atoms with Gasteiger partial charge in [-0.25, -0.2) is 8.91 Å². The molecule has 1 aliphatic heterocycles. The molecule has 0 atom stereocenters. The van der Waals surface area contributed by atoms with Crippen molar-refractivity contribution in [3.63, 3.8) is 0 Å². The minimum atomic E-state index is -0.469. The largest absolute Gasteiger partial charge is 0.378 e. The van der Waals surface area contributed by atoms with E-state index in [1.165, 1.54) is 34.7 Å². The van der Waals surface area contributed by atoms with Crippen LogP contribution >= 0.6 is 35.0 Å². The second-order valence-corrected chi connectivity index (χ2v) is 11.6. The Morgan fingerprint density at radius 1 is 0.977 bits per heavy atom. The summed E-state index contributed by atoms with van der Waals surface area (Å²) in [4.78, 5) is 32.7. The molecule has 12 heteroatoms. The number of halogens is 3. The molecule has 6 rings (SSSR count). The summed E-state index contributed by atoms with van der Waals surface area (Å²) in [5.41, 5.74) is 2.47. The Balaban J connectivity index is 1.22. The van der Waals surface area contributed by atoms with E-state index < -0.39 is 11.4 Å². The van der Waals surface area contributed by atoms with E-state index in [0.29, 0.717) is 58.1 Å². The molecule has 5 aromatic rings. The molecule has 0 unspecified atom stereocenters. The zero-order chi connectivity index (χ0) is 29.9. The number of carbonyl (C=O) groups is 1. The summed E-state index contributed by atoms with van der Waals surface area (Å²) in [6, 6.07) is 20.6. The van der Waals surface area contributed by atoms with E-state index in [0.717, 1.165) is 10.5 Å². The Hall–Kier alpha value is -3.96. The molecule has 0 spiro atoms. The standard InChI is InChI=1S/C31H24Cl2FN5O3S/c32-23-5-3-6-24(33)28(23)29-25-8-9-27(37-39(25)18-36-31(29)41)43-26-7-2-1-4-19(26)17-35-30(40)20-14-21(34)16-22(15-20)38-10-12-42-13-11-38/h1-9,14-16,18H,10-13,17H2,(H,35,40). The van der Waals surface area contributed by atoms with Gasteiger partial charge in [0.25, 0.3) is 11.5 Å². The van der Waals surface area contributed by atoms with E-state index in [1.807, 2.05) is 29.2 Å². The van der Waals surface area contributed by atoms with Gasteiger partial charge in [-0.2, -0.15) is 10.1 Å². The number of anilines is 1. The van der Waals surface area contributed by atoms with Crippen molar-refractivity contribution in [3.05, 3.63) is 116 Å². The first kappa shape index (κ1) is 29.1. The molecule has 1 fully saturated rings. The fraction of sp³-hybridized carbons (Fsp3) is 0.161. The number of aromatic nitrogens is 3. The molecule has 0 aliphatic carbocycles. The second-order valence-electron chi connectivity index (χ2n) is 9.71. The van der Waals surface area contributed by atoms with Crippen LogP contribution in [0.4, 0.5) is 10.1 Å². The summed E-state index contributed by atoms with van der Waals surface area (Å²) in [5, 5.41) is 8.88. The first-order chi connectivity index (χ1) is 20.9. The zero-order valence-corrected chi connectivity index (χ0v) is 24.9. The van der Waals surface area contributed by atoms with Crippen LogP contribution < -0.4 is 15.8 Å². The quantitative estimate of drug-likeness (QED) is 0.230. The fourth-order valence-electron chi connectivity index (χ4n) is 4.86. The summed E-state index contributed by atoms with van der Waals surface area (Å²) >= 11 is 14.2. The summed E-state index contributed by atoms with van der Waals surface area (Å²) in [7, 11) is 0. The van der Waals surface area contributed by atoms with Gasteiger partial charge < -0.3 is 15.0 Å². The van der Waals surface area contributed by atoms with Crippen LogP contribution in [0.3, 0.4) is 0 Å². The number of carbonyl (C=O) groups excluding carboxylic acids is 1. The van der Waals surface area contributed by atoms with E-state index in [1.54, 1.807) is 36.4 Å². The number of rotatable bonds is 7. The molecule has 2 aromatic heterocycles. The van der Waals surface area contributed by atoms with E-state index in [2.05, 4.69) is 15.4 Å². The Bertz CT molecular complexity index is 1880. The maximum atomic E-state index is 14.4. The highest BCUT2D eigenvalue weighted by Gasteiger charge is 2.18. The van der Waals surface area contributed by atoms with Crippen LogP contribution in [-0.2, 0) is 11.3 Å². The monoisotopic (exact) mass is 635 g/mol. The zero-order valence-electron chi connectivity index (χ0n) is 22.6. The molecule has 1 aliphatic rings. The molecular weight excluding hydrogens is 612 g/mol. The van der Waals surface area contributed by atoms with Crippen LogP contribution in [0.25, 0.3) is 16.6 Å². The van der Waals surface area contributed by atoms with Gasteiger partial charge in [-0.3, -0.25) is 9.59 Å². The number of hydrogen-bond donors (Lipinski definition) is 1. The number of fused-ring (bicyclic) bond motifs is 1. The highest BCUT2D eigenvalue weighted by atomic mass is 35.5. The lowest BCUT2D eigenvalue weighted by Crippen LogP contribution is -2.36. The van der Waals surface area contributed by atoms with Gasteiger partial charge in [0.05, 0.1) is 34.3 Å². The van der Waals surface area contributed by atoms with E-state index >= 15 is 0 Å². The van der Waals surface area contributed by atoms with Crippen LogP contribution in [-0.4, -0.2) is 46.8 Å². The van der Waals surface area contributed by atoms with Gasteiger partial charge in [-0.05, 0) is 54.1 Å².